The van der Waals surface area contributed by atoms with Gasteiger partial charge in [-0.25, -0.2) is 9.38 Å². The van der Waals surface area contributed by atoms with Gasteiger partial charge in [-0.05, 0) is 38.0 Å². The Hall–Kier alpha value is -2.41. The number of rotatable bonds is 8. The molecule has 26 heavy (non-hydrogen) atoms. The highest BCUT2D eigenvalue weighted by molar-refractivity contribution is 5.81. The fraction of sp³-hybridized carbons (Fsp3) is 0.474. The van der Waals surface area contributed by atoms with E-state index in [9.17, 15) is 9.18 Å². The number of methoxy groups -OCH3 is 1. The van der Waals surface area contributed by atoms with Crippen LogP contribution in [0.5, 0.6) is 5.75 Å². The molecule has 1 saturated carbocycles. The second-order valence-electron chi connectivity index (χ2n) is 6.65. The summed E-state index contributed by atoms with van der Waals surface area (Å²) in [7, 11) is 1.47. The topological polar surface area (TPSA) is 69.2 Å². The van der Waals surface area contributed by atoms with E-state index in [1.807, 2.05) is 13.8 Å². The number of allylic oxidation sites excluding steroid dienone is 1. The number of carbonyl (C=O) groups is 1. The minimum absolute atomic E-state index is 0.0259. The maximum Gasteiger partial charge on any atom is 0.188 e. The smallest absolute Gasteiger partial charge is 0.188 e. The molecule has 1 fully saturated rings. The van der Waals surface area contributed by atoms with Crippen molar-refractivity contribution in [3.63, 3.8) is 0 Å². The van der Waals surface area contributed by atoms with Gasteiger partial charge in [0, 0.05) is 18.4 Å². The van der Waals surface area contributed by atoms with Crippen molar-refractivity contribution in [2.45, 2.75) is 25.7 Å². The lowest BCUT2D eigenvalue weighted by molar-refractivity contribution is -0.109. The molecular formula is C19H23FN2O4. The van der Waals surface area contributed by atoms with Gasteiger partial charge in [0.2, 0.25) is 0 Å². The number of nitrogens with zero attached hydrogens (tertiary/aromatic N) is 1. The monoisotopic (exact) mass is 362 g/mol. The van der Waals surface area contributed by atoms with Crippen LogP contribution >= 0.6 is 0 Å². The van der Waals surface area contributed by atoms with Crippen molar-refractivity contribution < 1.29 is 23.4 Å². The van der Waals surface area contributed by atoms with Crippen molar-refractivity contribution in [1.82, 2.24) is 5.32 Å². The van der Waals surface area contributed by atoms with Crippen molar-refractivity contribution in [1.29, 1.82) is 0 Å². The average molecular weight is 362 g/mol. The van der Waals surface area contributed by atoms with Crippen LogP contribution in [0.1, 0.15) is 25.8 Å². The van der Waals surface area contributed by atoms with E-state index in [-0.39, 0.29) is 18.5 Å². The number of nitrogens with one attached hydrogen (secondary N) is 1. The van der Waals surface area contributed by atoms with E-state index in [0.29, 0.717) is 19.6 Å². The number of benzene rings is 1. The number of aldehydes is 1. The fourth-order valence-electron chi connectivity index (χ4n) is 3.20. The minimum Gasteiger partial charge on any atom is -0.493 e. The lowest BCUT2D eigenvalue weighted by atomic mass is 9.94. The van der Waals surface area contributed by atoms with Crippen molar-refractivity contribution in [2.75, 3.05) is 27.1 Å². The second-order valence-corrected chi connectivity index (χ2v) is 6.65. The summed E-state index contributed by atoms with van der Waals surface area (Å²) >= 11 is 0. The Morgan fingerprint density at radius 1 is 1.38 bits per heavy atom. The maximum atomic E-state index is 14.3. The third kappa shape index (κ3) is 3.58. The highest BCUT2D eigenvalue weighted by Gasteiger charge is 2.56. The highest BCUT2D eigenvalue weighted by atomic mass is 19.1. The Morgan fingerprint density at radius 2 is 2.19 bits per heavy atom. The summed E-state index contributed by atoms with van der Waals surface area (Å²) in [6.07, 6.45) is 1.55. The van der Waals surface area contributed by atoms with Crippen LogP contribution in [-0.2, 0) is 19.7 Å². The first-order valence-corrected chi connectivity index (χ1v) is 8.49. The molecular weight excluding hydrogens is 339 g/mol. The standard InChI is InChI=1S/C19H23FN2O4/c1-12-18(8-21-13(2)22-12)25-10-19(7-15(19)9-23)14-4-5-17(16(20)6-14)26-11-24-3/h4-6,9,15H,7-8,10-11H2,1-3H3,(H,21,22)/t15-,19+/m0/s1. The van der Waals surface area contributed by atoms with Gasteiger partial charge >= 0.3 is 0 Å². The Kier molecular flexibility index (Phi) is 5.27. The van der Waals surface area contributed by atoms with E-state index >= 15 is 0 Å². The summed E-state index contributed by atoms with van der Waals surface area (Å²) in [6, 6.07) is 4.76. The normalized spacial score (nSPS) is 24.6. The van der Waals surface area contributed by atoms with Crippen LogP contribution < -0.4 is 10.1 Å². The summed E-state index contributed by atoms with van der Waals surface area (Å²) in [4.78, 5) is 15.7. The van der Waals surface area contributed by atoms with Gasteiger partial charge < -0.3 is 24.3 Å². The summed E-state index contributed by atoms with van der Waals surface area (Å²) in [6.45, 7) is 4.61. The molecule has 2 aliphatic rings. The van der Waals surface area contributed by atoms with Crippen LogP contribution in [0.15, 0.2) is 34.6 Å². The van der Waals surface area contributed by atoms with E-state index in [4.69, 9.17) is 14.2 Å². The molecule has 1 aliphatic carbocycles. The Balaban J connectivity index is 1.78. The zero-order chi connectivity index (χ0) is 18.7. The van der Waals surface area contributed by atoms with Gasteiger partial charge in [0.05, 0.1) is 24.7 Å². The number of hydrogen-bond acceptors (Lipinski definition) is 6. The molecule has 1 aromatic carbocycles. The Morgan fingerprint density at radius 3 is 2.81 bits per heavy atom. The van der Waals surface area contributed by atoms with Crippen LogP contribution in [0.25, 0.3) is 0 Å². The molecule has 0 amide bonds. The van der Waals surface area contributed by atoms with Crippen molar-refractivity contribution in [3.8, 4) is 5.75 Å². The number of hydrogen-bond donors (Lipinski definition) is 1. The first-order valence-electron chi connectivity index (χ1n) is 8.49. The molecule has 2 atom stereocenters. The molecule has 1 aliphatic heterocycles. The first-order chi connectivity index (χ1) is 12.5. The second kappa shape index (κ2) is 7.45. The predicted octanol–water partition coefficient (Wildman–Crippen LogP) is 2.53. The Bertz CT molecular complexity index is 762. The molecule has 0 bridgehead atoms. The molecule has 6 nitrogen and oxygen atoms in total. The van der Waals surface area contributed by atoms with E-state index in [2.05, 4.69) is 10.3 Å². The molecule has 1 heterocycles. The van der Waals surface area contributed by atoms with Gasteiger partial charge in [0.25, 0.3) is 0 Å². The molecule has 0 spiro atoms. The van der Waals surface area contributed by atoms with Crippen LogP contribution in [-0.4, -0.2) is 39.2 Å². The van der Waals surface area contributed by atoms with Crippen molar-refractivity contribution in [3.05, 3.63) is 41.0 Å². The number of halogens is 1. The molecule has 1 aromatic rings. The van der Waals surface area contributed by atoms with Gasteiger partial charge in [-0.3, -0.25) is 0 Å². The van der Waals surface area contributed by atoms with Crippen molar-refractivity contribution >= 4 is 12.1 Å². The maximum absolute atomic E-state index is 14.3. The molecule has 0 saturated heterocycles. The molecule has 140 valence electrons. The summed E-state index contributed by atoms with van der Waals surface area (Å²) in [5.74, 6) is 1.04. The predicted molar refractivity (Wildman–Crippen MR) is 94.5 cm³/mol. The van der Waals surface area contributed by atoms with E-state index in [1.54, 1.807) is 12.1 Å². The molecule has 3 rings (SSSR count). The summed E-state index contributed by atoms with van der Waals surface area (Å²) < 4.78 is 30.3. The van der Waals surface area contributed by atoms with Crippen LogP contribution in [0.2, 0.25) is 0 Å². The van der Waals surface area contributed by atoms with Crippen molar-refractivity contribution in [2.24, 2.45) is 10.9 Å². The molecule has 0 radical (unpaired) electrons. The van der Waals surface area contributed by atoms with E-state index in [1.165, 1.54) is 13.2 Å². The molecule has 0 unspecified atom stereocenters. The first kappa shape index (κ1) is 18.4. The van der Waals surface area contributed by atoms with E-state index in [0.717, 1.165) is 29.1 Å². The zero-order valence-corrected chi connectivity index (χ0v) is 15.2. The number of aliphatic imine (C=N–C) groups is 1. The number of ether oxygens (including phenoxy) is 3. The SMILES string of the molecule is COCOc1ccc([C@]2(COC3=C(C)N=C(C)NC3)C[C@H]2C=O)cc1F. The fourth-order valence-corrected chi connectivity index (χ4v) is 3.20. The molecule has 7 heteroatoms. The number of amidine groups is 1. The van der Waals surface area contributed by atoms with Crippen LogP contribution in [0, 0.1) is 11.7 Å². The van der Waals surface area contributed by atoms with Gasteiger partial charge in [-0.15, -0.1) is 0 Å². The van der Waals surface area contributed by atoms with Gasteiger partial charge in [0.1, 0.15) is 12.0 Å². The largest absolute Gasteiger partial charge is 0.493 e. The quantitative estimate of drug-likeness (QED) is 0.569. The number of carbonyl (C=O) groups excluding carboxylic acids is 1. The lowest BCUT2D eigenvalue weighted by Crippen LogP contribution is -2.29. The van der Waals surface area contributed by atoms with Gasteiger partial charge in [-0.2, -0.15) is 0 Å². The zero-order valence-electron chi connectivity index (χ0n) is 15.2. The molecule has 1 N–H and O–H groups in total. The van der Waals surface area contributed by atoms with Gasteiger partial charge in [-0.1, -0.05) is 6.07 Å². The summed E-state index contributed by atoms with van der Waals surface area (Å²) in [5.41, 5.74) is 1.04. The molecule has 0 aromatic heterocycles. The minimum atomic E-state index is -0.508. The Labute approximate surface area is 152 Å². The third-order valence-corrected chi connectivity index (χ3v) is 4.88. The van der Waals surface area contributed by atoms with Crippen LogP contribution in [0.4, 0.5) is 4.39 Å². The van der Waals surface area contributed by atoms with E-state index < -0.39 is 11.2 Å². The van der Waals surface area contributed by atoms with Gasteiger partial charge in [0.15, 0.2) is 18.4 Å². The third-order valence-electron chi connectivity index (χ3n) is 4.88. The highest BCUT2D eigenvalue weighted by Crippen LogP contribution is 2.54. The lowest BCUT2D eigenvalue weighted by Gasteiger charge is -2.23. The summed E-state index contributed by atoms with van der Waals surface area (Å²) in [5, 5.41) is 3.13. The van der Waals surface area contributed by atoms with Crippen LogP contribution in [0.3, 0.4) is 0 Å². The average Bonchev–Trinajstić information content (AvgIpc) is 3.35.